The second kappa shape index (κ2) is 6.02. The maximum atomic E-state index is 12.5. The topological polar surface area (TPSA) is 66.6 Å². The van der Waals surface area contributed by atoms with E-state index in [1.54, 1.807) is 12.1 Å². The molecular weight excluding hydrogens is 276 g/mol. The van der Waals surface area contributed by atoms with Crippen molar-refractivity contribution in [1.82, 2.24) is 4.90 Å². The van der Waals surface area contributed by atoms with E-state index >= 15 is 0 Å². The van der Waals surface area contributed by atoms with E-state index < -0.39 is 0 Å². The molecule has 0 saturated heterocycles. The molecule has 1 heterocycles. The first-order chi connectivity index (χ1) is 9.15. The van der Waals surface area contributed by atoms with Crippen molar-refractivity contribution in [2.45, 2.75) is 38.3 Å². The van der Waals surface area contributed by atoms with Gasteiger partial charge in [-0.3, -0.25) is 4.79 Å². The predicted octanol–water partition coefficient (Wildman–Crippen LogP) is 1.83. The highest BCUT2D eigenvalue weighted by atomic mass is 35.5. The van der Waals surface area contributed by atoms with E-state index in [0.717, 1.165) is 37.8 Å². The first kappa shape index (κ1) is 15.1. The number of benzene rings is 1. The minimum absolute atomic E-state index is 0. The molecule has 4 nitrogen and oxygen atoms in total. The fourth-order valence-corrected chi connectivity index (χ4v) is 3.26. The average Bonchev–Trinajstić information content (AvgIpc) is 2.83. The summed E-state index contributed by atoms with van der Waals surface area (Å²) in [7, 11) is 0. The lowest BCUT2D eigenvalue weighted by Gasteiger charge is -2.32. The summed E-state index contributed by atoms with van der Waals surface area (Å²) in [6.45, 7) is 1.37. The van der Waals surface area contributed by atoms with Crippen LogP contribution in [-0.4, -0.2) is 28.5 Å². The highest BCUT2D eigenvalue weighted by Gasteiger charge is 2.34. The molecule has 0 bridgehead atoms. The molecule has 1 aliphatic carbocycles. The van der Waals surface area contributed by atoms with Crippen LogP contribution in [0.4, 0.5) is 0 Å². The Morgan fingerprint density at radius 1 is 1.30 bits per heavy atom. The third kappa shape index (κ3) is 2.76. The van der Waals surface area contributed by atoms with E-state index in [1.807, 2.05) is 11.0 Å². The number of phenolic OH excluding ortho intramolecular Hbond substituents is 1. The average molecular weight is 297 g/mol. The van der Waals surface area contributed by atoms with Gasteiger partial charge in [0, 0.05) is 19.1 Å². The van der Waals surface area contributed by atoms with Gasteiger partial charge in [-0.05, 0) is 42.5 Å². The molecule has 1 saturated carbocycles. The van der Waals surface area contributed by atoms with Gasteiger partial charge < -0.3 is 15.7 Å². The fourth-order valence-electron chi connectivity index (χ4n) is 3.26. The Hall–Kier alpha value is -1.26. The molecule has 110 valence electrons. The number of halogens is 1. The molecule has 1 aliphatic heterocycles. The molecule has 2 atom stereocenters. The SMILES string of the molecule is Cl.NC1CCCC1C(=O)N1CCc2ccc(O)cc2C1. The third-order valence-corrected chi connectivity index (χ3v) is 4.40. The number of amides is 1. The lowest BCUT2D eigenvalue weighted by Crippen LogP contribution is -2.43. The van der Waals surface area contributed by atoms with Gasteiger partial charge in [0.05, 0.1) is 5.92 Å². The van der Waals surface area contributed by atoms with Gasteiger partial charge in [-0.2, -0.15) is 0 Å². The molecule has 1 aromatic carbocycles. The van der Waals surface area contributed by atoms with E-state index in [9.17, 15) is 9.90 Å². The number of phenols is 1. The third-order valence-electron chi connectivity index (χ3n) is 4.40. The zero-order chi connectivity index (χ0) is 13.4. The van der Waals surface area contributed by atoms with Crippen LogP contribution < -0.4 is 5.73 Å². The number of hydrogen-bond acceptors (Lipinski definition) is 3. The molecule has 0 radical (unpaired) electrons. The van der Waals surface area contributed by atoms with Crippen molar-refractivity contribution in [2.24, 2.45) is 11.7 Å². The number of nitrogens with zero attached hydrogens (tertiary/aromatic N) is 1. The summed E-state index contributed by atoms with van der Waals surface area (Å²) in [6.07, 6.45) is 3.80. The zero-order valence-corrected chi connectivity index (χ0v) is 12.2. The molecule has 1 fully saturated rings. The number of carbonyl (C=O) groups excluding carboxylic acids is 1. The van der Waals surface area contributed by atoms with Crippen LogP contribution in [0.25, 0.3) is 0 Å². The van der Waals surface area contributed by atoms with Crippen molar-refractivity contribution in [3.05, 3.63) is 29.3 Å². The first-order valence-electron chi connectivity index (χ1n) is 7.00. The molecule has 3 N–H and O–H groups in total. The number of aromatic hydroxyl groups is 1. The summed E-state index contributed by atoms with van der Waals surface area (Å²) in [6, 6.07) is 5.46. The Morgan fingerprint density at radius 3 is 2.80 bits per heavy atom. The summed E-state index contributed by atoms with van der Waals surface area (Å²) >= 11 is 0. The second-order valence-corrected chi connectivity index (χ2v) is 5.66. The van der Waals surface area contributed by atoms with Crippen molar-refractivity contribution in [3.63, 3.8) is 0 Å². The van der Waals surface area contributed by atoms with Gasteiger partial charge in [-0.1, -0.05) is 12.5 Å². The Bertz CT molecular complexity index is 507. The quantitative estimate of drug-likeness (QED) is 0.831. The van der Waals surface area contributed by atoms with Crippen LogP contribution in [0.2, 0.25) is 0 Å². The lowest BCUT2D eigenvalue weighted by atomic mass is 9.96. The molecule has 20 heavy (non-hydrogen) atoms. The maximum absolute atomic E-state index is 12.5. The van der Waals surface area contributed by atoms with Crippen LogP contribution in [0.3, 0.4) is 0 Å². The number of rotatable bonds is 1. The molecule has 0 spiro atoms. The van der Waals surface area contributed by atoms with Crippen LogP contribution in [0.15, 0.2) is 18.2 Å². The van der Waals surface area contributed by atoms with Crippen molar-refractivity contribution >= 4 is 18.3 Å². The Morgan fingerprint density at radius 2 is 2.10 bits per heavy atom. The number of fused-ring (bicyclic) bond motifs is 1. The second-order valence-electron chi connectivity index (χ2n) is 5.66. The van der Waals surface area contributed by atoms with Crippen LogP contribution in [0.5, 0.6) is 5.75 Å². The lowest BCUT2D eigenvalue weighted by molar-refractivity contribution is -0.136. The molecule has 1 aromatic rings. The predicted molar refractivity (Wildman–Crippen MR) is 79.8 cm³/mol. The van der Waals surface area contributed by atoms with Crippen molar-refractivity contribution in [3.8, 4) is 5.75 Å². The van der Waals surface area contributed by atoms with E-state index in [0.29, 0.717) is 6.54 Å². The first-order valence-corrected chi connectivity index (χ1v) is 7.00. The monoisotopic (exact) mass is 296 g/mol. The zero-order valence-electron chi connectivity index (χ0n) is 11.4. The van der Waals surface area contributed by atoms with Gasteiger partial charge in [0.25, 0.3) is 0 Å². The highest BCUT2D eigenvalue weighted by molar-refractivity contribution is 5.85. The van der Waals surface area contributed by atoms with Crippen LogP contribution >= 0.6 is 12.4 Å². The van der Waals surface area contributed by atoms with E-state index in [2.05, 4.69) is 0 Å². The number of hydrogen-bond donors (Lipinski definition) is 2. The maximum Gasteiger partial charge on any atom is 0.227 e. The van der Waals surface area contributed by atoms with Crippen LogP contribution in [0, 0.1) is 5.92 Å². The van der Waals surface area contributed by atoms with Gasteiger partial charge >= 0.3 is 0 Å². The summed E-state index contributed by atoms with van der Waals surface area (Å²) in [5.74, 6) is 0.462. The molecule has 0 aromatic heterocycles. The van der Waals surface area contributed by atoms with Gasteiger partial charge in [-0.15, -0.1) is 12.4 Å². The molecule has 2 aliphatic rings. The summed E-state index contributed by atoms with van der Waals surface area (Å²) in [5.41, 5.74) is 8.31. The van der Waals surface area contributed by atoms with E-state index in [4.69, 9.17) is 5.73 Å². The summed E-state index contributed by atoms with van der Waals surface area (Å²) in [5, 5.41) is 9.54. The summed E-state index contributed by atoms with van der Waals surface area (Å²) < 4.78 is 0. The highest BCUT2D eigenvalue weighted by Crippen LogP contribution is 2.29. The largest absolute Gasteiger partial charge is 0.508 e. The van der Waals surface area contributed by atoms with Crippen molar-refractivity contribution in [2.75, 3.05) is 6.54 Å². The summed E-state index contributed by atoms with van der Waals surface area (Å²) in [4.78, 5) is 14.4. The van der Waals surface area contributed by atoms with Crippen molar-refractivity contribution < 1.29 is 9.90 Å². The molecule has 1 amide bonds. The van der Waals surface area contributed by atoms with Gasteiger partial charge in [0.15, 0.2) is 0 Å². The Labute approximate surface area is 125 Å². The molecule has 3 rings (SSSR count). The Kier molecular flexibility index (Phi) is 4.55. The van der Waals surface area contributed by atoms with Gasteiger partial charge in [0.2, 0.25) is 5.91 Å². The van der Waals surface area contributed by atoms with Gasteiger partial charge in [0.1, 0.15) is 5.75 Å². The molecular formula is C15H21ClN2O2. The number of nitrogens with two attached hydrogens (primary N) is 1. The van der Waals surface area contributed by atoms with E-state index in [-0.39, 0.29) is 36.0 Å². The minimum atomic E-state index is -0.00106. The standard InChI is InChI=1S/C15H20N2O2.ClH/c16-14-3-1-2-13(14)15(19)17-7-6-10-4-5-12(18)8-11(10)9-17;/h4-5,8,13-14,18H,1-3,6-7,9,16H2;1H. The van der Waals surface area contributed by atoms with Crippen LogP contribution in [-0.2, 0) is 17.8 Å². The minimum Gasteiger partial charge on any atom is -0.508 e. The molecule has 2 unspecified atom stereocenters. The smallest absolute Gasteiger partial charge is 0.227 e. The number of carbonyl (C=O) groups is 1. The van der Waals surface area contributed by atoms with E-state index in [1.165, 1.54) is 5.56 Å². The Balaban J connectivity index is 0.00000147. The molecule has 5 heteroatoms. The van der Waals surface area contributed by atoms with Gasteiger partial charge in [-0.25, -0.2) is 0 Å². The van der Waals surface area contributed by atoms with Crippen LogP contribution in [0.1, 0.15) is 30.4 Å². The fraction of sp³-hybridized carbons (Fsp3) is 0.533. The van der Waals surface area contributed by atoms with Crippen molar-refractivity contribution in [1.29, 1.82) is 0 Å². The normalized spacial score (nSPS) is 24.9.